The number of carbonyl (C=O) groups excluding carboxylic acids is 1. The van der Waals surface area contributed by atoms with Gasteiger partial charge >= 0.3 is 0 Å². The van der Waals surface area contributed by atoms with Gasteiger partial charge in [0.2, 0.25) is 0 Å². The van der Waals surface area contributed by atoms with Gasteiger partial charge in [-0.15, -0.1) is 0 Å². The van der Waals surface area contributed by atoms with E-state index >= 15 is 0 Å². The SMILES string of the molecule is O=C(c1ccc2nc[nH]c2c1)N1CCC(Cn2cnc(C3CC3)cc2=O)CC1. The number of aromatic nitrogens is 4. The fourth-order valence-corrected chi connectivity index (χ4v) is 4.03. The lowest BCUT2D eigenvalue weighted by Crippen LogP contribution is -2.40. The van der Waals surface area contributed by atoms with Crippen LogP contribution in [0.3, 0.4) is 0 Å². The van der Waals surface area contributed by atoms with Crippen LogP contribution in [0.5, 0.6) is 0 Å². The third-order valence-corrected chi connectivity index (χ3v) is 5.92. The molecule has 3 aromatic rings. The second kappa shape index (κ2) is 6.89. The van der Waals surface area contributed by atoms with Crippen LogP contribution in [0.15, 0.2) is 41.7 Å². The number of likely N-dealkylation sites (tertiary alicyclic amines) is 1. The molecular weight excluding hydrogens is 354 g/mol. The average Bonchev–Trinajstić information content (AvgIpc) is 3.46. The van der Waals surface area contributed by atoms with Crippen LogP contribution in [0, 0.1) is 5.92 Å². The van der Waals surface area contributed by atoms with E-state index in [1.807, 2.05) is 23.1 Å². The van der Waals surface area contributed by atoms with E-state index in [1.165, 1.54) is 0 Å². The number of piperidine rings is 1. The first kappa shape index (κ1) is 17.2. The van der Waals surface area contributed by atoms with Crippen LogP contribution < -0.4 is 5.56 Å². The molecule has 1 N–H and O–H groups in total. The Morgan fingerprint density at radius 2 is 1.93 bits per heavy atom. The Balaban J connectivity index is 1.21. The summed E-state index contributed by atoms with van der Waals surface area (Å²) in [7, 11) is 0. The van der Waals surface area contributed by atoms with Crippen LogP contribution in [0.4, 0.5) is 0 Å². The predicted octanol–water partition coefficient (Wildman–Crippen LogP) is 2.55. The molecule has 0 bridgehead atoms. The molecule has 5 rings (SSSR count). The Kier molecular flexibility index (Phi) is 4.22. The molecule has 0 radical (unpaired) electrons. The number of imidazole rings is 1. The molecule has 28 heavy (non-hydrogen) atoms. The quantitative estimate of drug-likeness (QED) is 0.757. The van der Waals surface area contributed by atoms with E-state index in [4.69, 9.17) is 0 Å². The maximum absolute atomic E-state index is 12.8. The predicted molar refractivity (Wildman–Crippen MR) is 105 cm³/mol. The molecule has 1 amide bonds. The lowest BCUT2D eigenvalue weighted by molar-refractivity contribution is 0.0682. The fourth-order valence-electron chi connectivity index (χ4n) is 4.03. The van der Waals surface area contributed by atoms with Crippen molar-refractivity contribution in [1.29, 1.82) is 0 Å². The van der Waals surface area contributed by atoms with Crippen LogP contribution in [0.2, 0.25) is 0 Å². The van der Waals surface area contributed by atoms with Crippen molar-refractivity contribution in [2.45, 2.75) is 38.1 Å². The molecule has 1 aliphatic carbocycles. The summed E-state index contributed by atoms with van der Waals surface area (Å²) in [5.41, 5.74) is 3.41. The molecule has 0 spiro atoms. The molecule has 2 aromatic heterocycles. The molecular formula is C21H23N5O2. The minimum Gasteiger partial charge on any atom is -0.345 e. The average molecular weight is 377 g/mol. The highest BCUT2D eigenvalue weighted by molar-refractivity contribution is 5.97. The number of nitrogens with one attached hydrogen (secondary N) is 1. The number of H-pyrrole nitrogens is 1. The van der Waals surface area contributed by atoms with E-state index in [1.54, 1.807) is 23.3 Å². The number of carbonyl (C=O) groups is 1. The van der Waals surface area contributed by atoms with Gasteiger partial charge in [0.15, 0.2) is 0 Å². The Morgan fingerprint density at radius 1 is 1.11 bits per heavy atom. The standard InChI is InChI=1S/C21H23N5O2/c27-20-10-18(15-1-2-15)24-13-26(20)11-14-5-7-25(8-6-14)21(28)16-3-4-17-19(9-16)23-12-22-17/h3-4,9-10,12-15H,1-2,5-8,11H2,(H,22,23). The minimum atomic E-state index is 0.0447. The van der Waals surface area contributed by atoms with Crippen molar-refractivity contribution >= 4 is 16.9 Å². The zero-order valence-corrected chi connectivity index (χ0v) is 15.7. The maximum atomic E-state index is 12.8. The third kappa shape index (κ3) is 3.32. The van der Waals surface area contributed by atoms with Gasteiger partial charge in [-0.1, -0.05) is 0 Å². The normalized spacial score (nSPS) is 17.9. The van der Waals surface area contributed by atoms with Crippen molar-refractivity contribution in [3.63, 3.8) is 0 Å². The van der Waals surface area contributed by atoms with Crippen molar-refractivity contribution in [3.8, 4) is 0 Å². The number of hydrogen-bond acceptors (Lipinski definition) is 4. The van der Waals surface area contributed by atoms with Gasteiger partial charge in [0.05, 0.1) is 29.4 Å². The summed E-state index contributed by atoms with van der Waals surface area (Å²) in [5.74, 6) is 0.950. The van der Waals surface area contributed by atoms with Gasteiger partial charge < -0.3 is 9.88 Å². The molecule has 1 saturated heterocycles. The first-order chi connectivity index (χ1) is 13.7. The summed E-state index contributed by atoms with van der Waals surface area (Å²) >= 11 is 0. The lowest BCUT2D eigenvalue weighted by atomic mass is 9.96. The lowest BCUT2D eigenvalue weighted by Gasteiger charge is -2.32. The van der Waals surface area contributed by atoms with E-state index in [0.717, 1.165) is 42.4 Å². The van der Waals surface area contributed by atoms with Crippen LogP contribution in [-0.4, -0.2) is 43.4 Å². The highest BCUT2D eigenvalue weighted by Crippen LogP contribution is 2.38. The molecule has 1 aromatic carbocycles. The van der Waals surface area contributed by atoms with E-state index in [0.29, 0.717) is 37.0 Å². The number of fused-ring (bicyclic) bond motifs is 1. The van der Waals surface area contributed by atoms with Crippen molar-refractivity contribution in [1.82, 2.24) is 24.4 Å². The van der Waals surface area contributed by atoms with Gasteiger partial charge in [-0.2, -0.15) is 0 Å². The molecule has 0 atom stereocenters. The van der Waals surface area contributed by atoms with Crippen LogP contribution in [0.25, 0.3) is 11.0 Å². The topological polar surface area (TPSA) is 83.9 Å². The van der Waals surface area contributed by atoms with Gasteiger partial charge in [0, 0.05) is 37.2 Å². The summed E-state index contributed by atoms with van der Waals surface area (Å²) in [6.45, 7) is 2.11. The van der Waals surface area contributed by atoms with Gasteiger partial charge in [0.1, 0.15) is 0 Å². The fraction of sp³-hybridized carbons (Fsp3) is 0.429. The monoisotopic (exact) mass is 377 g/mol. The van der Waals surface area contributed by atoms with E-state index in [9.17, 15) is 9.59 Å². The second-order valence-corrected chi connectivity index (χ2v) is 7.95. The number of nitrogens with zero attached hydrogens (tertiary/aromatic N) is 4. The maximum Gasteiger partial charge on any atom is 0.253 e. The highest BCUT2D eigenvalue weighted by atomic mass is 16.2. The molecule has 144 valence electrons. The number of rotatable bonds is 4. The molecule has 3 heterocycles. The summed E-state index contributed by atoms with van der Waals surface area (Å²) in [6.07, 6.45) is 7.43. The summed E-state index contributed by atoms with van der Waals surface area (Å²) in [5, 5.41) is 0. The largest absolute Gasteiger partial charge is 0.345 e. The molecule has 1 aliphatic heterocycles. The molecule has 2 fully saturated rings. The molecule has 0 unspecified atom stereocenters. The Bertz CT molecular complexity index is 1070. The van der Waals surface area contributed by atoms with Crippen molar-refractivity contribution < 1.29 is 4.79 Å². The zero-order chi connectivity index (χ0) is 19.1. The second-order valence-electron chi connectivity index (χ2n) is 7.95. The number of amides is 1. The van der Waals surface area contributed by atoms with Gasteiger partial charge in [-0.3, -0.25) is 14.2 Å². The van der Waals surface area contributed by atoms with Crippen molar-refractivity contribution in [2.24, 2.45) is 5.92 Å². The van der Waals surface area contributed by atoms with Crippen LogP contribution >= 0.6 is 0 Å². The number of aromatic amines is 1. The van der Waals surface area contributed by atoms with Gasteiger partial charge in [0.25, 0.3) is 11.5 Å². The van der Waals surface area contributed by atoms with E-state index in [-0.39, 0.29) is 11.5 Å². The minimum absolute atomic E-state index is 0.0447. The Labute approximate surface area is 162 Å². The highest BCUT2D eigenvalue weighted by Gasteiger charge is 2.27. The van der Waals surface area contributed by atoms with E-state index in [2.05, 4.69) is 15.0 Å². The summed E-state index contributed by atoms with van der Waals surface area (Å²) in [4.78, 5) is 38.8. The molecule has 7 nitrogen and oxygen atoms in total. The molecule has 2 aliphatic rings. The molecule has 7 heteroatoms. The zero-order valence-electron chi connectivity index (χ0n) is 15.7. The first-order valence-corrected chi connectivity index (χ1v) is 9.96. The Hall–Kier alpha value is -2.96. The summed E-state index contributed by atoms with van der Waals surface area (Å²) in [6, 6.07) is 7.27. The van der Waals surface area contributed by atoms with Crippen LogP contribution in [0.1, 0.15) is 47.7 Å². The first-order valence-electron chi connectivity index (χ1n) is 9.96. The third-order valence-electron chi connectivity index (χ3n) is 5.92. The van der Waals surface area contributed by atoms with Gasteiger partial charge in [-0.25, -0.2) is 9.97 Å². The Morgan fingerprint density at radius 3 is 2.68 bits per heavy atom. The number of benzene rings is 1. The van der Waals surface area contributed by atoms with Crippen LogP contribution in [-0.2, 0) is 6.54 Å². The van der Waals surface area contributed by atoms with Gasteiger partial charge in [-0.05, 0) is 49.8 Å². The smallest absolute Gasteiger partial charge is 0.253 e. The van der Waals surface area contributed by atoms with E-state index < -0.39 is 0 Å². The summed E-state index contributed by atoms with van der Waals surface area (Å²) < 4.78 is 1.72. The number of hydrogen-bond donors (Lipinski definition) is 1. The van der Waals surface area contributed by atoms with Crippen molar-refractivity contribution in [3.05, 3.63) is 58.5 Å². The molecule has 1 saturated carbocycles. The van der Waals surface area contributed by atoms with Crippen molar-refractivity contribution in [2.75, 3.05) is 13.1 Å².